The molecule has 0 saturated carbocycles. The van der Waals surface area contributed by atoms with E-state index in [1.165, 1.54) is 19.3 Å². The number of hydrogen-bond acceptors (Lipinski definition) is 4. The zero-order chi connectivity index (χ0) is 16.8. The van der Waals surface area contributed by atoms with E-state index in [0.29, 0.717) is 6.42 Å². The molecule has 0 aliphatic carbocycles. The maximum absolute atomic E-state index is 12.3. The summed E-state index contributed by atoms with van der Waals surface area (Å²) in [7, 11) is 0. The number of unbranched alkanes of at least 4 members (excludes halogenated alkanes) is 5. The second-order valence-corrected chi connectivity index (χ2v) is 5.42. The minimum atomic E-state index is -1.34. The van der Waals surface area contributed by atoms with Gasteiger partial charge in [0.1, 0.15) is 0 Å². The molecule has 0 aliphatic heterocycles. The van der Waals surface area contributed by atoms with Crippen molar-refractivity contribution >= 4 is 11.9 Å². The van der Waals surface area contributed by atoms with Crippen molar-refractivity contribution in [1.29, 1.82) is 0 Å². The van der Waals surface area contributed by atoms with Crippen LogP contribution in [0.15, 0.2) is 0 Å². The van der Waals surface area contributed by atoms with Crippen molar-refractivity contribution < 1.29 is 19.1 Å². The van der Waals surface area contributed by atoms with Crippen LogP contribution >= 0.6 is 0 Å². The summed E-state index contributed by atoms with van der Waals surface area (Å²) in [5, 5.41) is 0. The molecule has 0 rings (SSSR count). The summed E-state index contributed by atoms with van der Waals surface area (Å²) in [4.78, 5) is 24.6. The molecular formula is C18H30O4. The summed E-state index contributed by atoms with van der Waals surface area (Å²) in [6.45, 7) is 6.05. The second-order valence-electron chi connectivity index (χ2n) is 5.42. The molecule has 0 saturated heterocycles. The van der Waals surface area contributed by atoms with Crippen LogP contribution in [0.3, 0.4) is 0 Å². The number of carbonyl (C=O) groups excluding carboxylic acids is 2. The normalized spacial score (nSPS) is 10.8. The van der Waals surface area contributed by atoms with Crippen molar-refractivity contribution in [2.45, 2.75) is 72.1 Å². The Hall–Kier alpha value is -1.50. The predicted molar refractivity (Wildman–Crippen MR) is 87.1 cm³/mol. The molecule has 0 bridgehead atoms. The monoisotopic (exact) mass is 310 g/mol. The minimum Gasteiger partial charge on any atom is -0.465 e. The van der Waals surface area contributed by atoms with E-state index in [-0.39, 0.29) is 19.6 Å². The first-order valence-corrected chi connectivity index (χ1v) is 8.36. The van der Waals surface area contributed by atoms with E-state index in [4.69, 9.17) is 15.9 Å². The Kier molecular flexibility index (Phi) is 11.3. The highest BCUT2D eigenvalue weighted by atomic mass is 16.6. The summed E-state index contributed by atoms with van der Waals surface area (Å²) in [5.74, 6) is 1.34. The van der Waals surface area contributed by atoms with Crippen molar-refractivity contribution in [3.05, 3.63) is 0 Å². The molecule has 126 valence electrons. The van der Waals surface area contributed by atoms with Gasteiger partial charge in [-0.2, -0.15) is 0 Å². The first-order chi connectivity index (χ1) is 10.6. The molecule has 0 spiro atoms. The number of terminal acetylenes is 1. The first kappa shape index (κ1) is 20.5. The van der Waals surface area contributed by atoms with Gasteiger partial charge in [0.2, 0.25) is 0 Å². The lowest BCUT2D eigenvalue weighted by molar-refractivity contribution is -0.172. The van der Waals surface area contributed by atoms with Gasteiger partial charge in [-0.05, 0) is 20.3 Å². The Morgan fingerprint density at radius 1 is 0.909 bits per heavy atom. The predicted octanol–water partition coefficient (Wildman–Crippen LogP) is 3.87. The van der Waals surface area contributed by atoms with Gasteiger partial charge in [-0.25, -0.2) is 0 Å². The maximum atomic E-state index is 12.3. The number of hydrogen-bond donors (Lipinski definition) is 0. The minimum absolute atomic E-state index is 0.0274. The fourth-order valence-corrected chi connectivity index (χ4v) is 2.44. The van der Waals surface area contributed by atoms with Gasteiger partial charge in [0.15, 0.2) is 5.41 Å². The molecule has 4 heteroatoms. The summed E-state index contributed by atoms with van der Waals surface area (Å²) in [5.41, 5.74) is -1.34. The Bertz CT molecular complexity index is 350. The molecule has 0 fully saturated rings. The van der Waals surface area contributed by atoms with Crippen LogP contribution in [-0.2, 0) is 19.1 Å². The lowest BCUT2D eigenvalue weighted by atomic mass is 9.79. The molecule has 0 aromatic heterocycles. The Balaban J connectivity index is 4.84. The van der Waals surface area contributed by atoms with Crippen LogP contribution in [0.25, 0.3) is 0 Å². The molecule has 0 amide bonds. The molecule has 0 atom stereocenters. The number of rotatable bonds is 12. The van der Waals surface area contributed by atoms with Crippen LogP contribution < -0.4 is 0 Å². The fraction of sp³-hybridized carbons (Fsp3) is 0.778. The van der Waals surface area contributed by atoms with E-state index in [1.807, 2.05) is 0 Å². The van der Waals surface area contributed by atoms with Gasteiger partial charge in [-0.3, -0.25) is 9.59 Å². The van der Waals surface area contributed by atoms with Gasteiger partial charge in [0.05, 0.1) is 13.2 Å². The molecule has 0 aromatic carbocycles. The Labute approximate surface area is 134 Å². The van der Waals surface area contributed by atoms with E-state index < -0.39 is 17.4 Å². The van der Waals surface area contributed by atoms with E-state index >= 15 is 0 Å². The molecule has 0 aliphatic rings. The summed E-state index contributed by atoms with van der Waals surface area (Å²) in [6, 6.07) is 0. The second kappa shape index (κ2) is 12.1. The van der Waals surface area contributed by atoms with Crippen LogP contribution in [-0.4, -0.2) is 25.2 Å². The average Bonchev–Trinajstić information content (AvgIpc) is 2.50. The molecule has 0 unspecified atom stereocenters. The highest BCUT2D eigenvalue weighted by Crippen LogP contribution is 2.33. The van der Waals surface area contributed by atoms with Crippen LogP contribution in [0.2, 0.25) is 0 Å². The SMILES string of the molecule is C#CCC(CCCCCCCC)(C(=O)OCC)C(=O)OCC. The van der Waals surface area contributed by atoms with Gasteiger partial charge in [-0.15, -0.1) is 12.3 Å². The Morgan fingerprint density at radius 2 is 1.41 bits per heavy atom. The molecule has 22 heavy (non-hydrogen) atoms. The van der Waals surface area contributed by atoms with E-state index in [9.17, 15) is 9.59 Å². The summed E-state index contributed by atoms with van der Waals surface area (Å²) < 4.78 is 10.2. The smallest absolute Gasteiger partial charge is 0.324 e. The van der Waals surface area contributed by atoms with E-state index in [2.05, 4.69) is 12.8 Å². The fourth-order valence-electron chi connectivity index (χ4n) is 2.44. The number of ether oxygens (including phenoxy) is 2. The lowest BCUT2D eigenvalue weighted by Crippen LogP contribution is -2.42. The molecular weight excluding hydrogens is 280 g/mol. The third kappa shape index (κ3) is 6.51. The van der Waals surface area contributed by atoms with Crippen LogP contribution in [0.5, 0.6) is 0 Å². The standard InChI is InChI=1S/C18H30O4/c1-5-9-10-11-12-13-15-18(14-6-2,16(19)21-7-3)17(20)22-8-4/h2H,5,7-15H2,1,3-4H3. The summed E-state index contributed by atoms with van der Waals surface area (Å²) >= 11 is 0. The summed E-state index contributed by atoms with van der Waals surface area (Å²) in [6.07, 6.45) is 12.2. The zero-order valence-electron chi connectivity index (χ0n) is 14.3. The highest BCUT2D eigenvalue weighted by molar-refractivity contribution is 6.00. The average molecular weight is 310 g/mol. The van der Waals surface area contributed by atoms with Gasteiger partial charge in [0, 0.05) is 6.42 Å². The quantitative estimate of drug-likeness (QED) is 0.238. The van der Waals surface area contributed by atoms with Crippen molar-refractivity contribution in [3.8, 4) is 12.3 Å². The lowest BCUT2D eigenvalue weighted by Gasteiger charge is -2.27. The molecule has 0 radical (unpaired) electrons. The van der Waals surface area contributed by atoms with Crippen LogP contribution in [0.1, 0.15) is 72.1 Å². The molecule has 0 N–H and O–H groups in total. The molecule has 0 aromatic rings. The number of carbonyl (C=O) groups is 2. The van der Waals surface area contributed by atoms with E-state index in [0.717, 1.165) is 19.3 Å². The molecule has 0 heterocycles. The van der Waals surface area contributed by atoms with Gasteiger partial charge >= 0.3 is 11.9 Å². The van der Waals surface area contributed by atoms with E-state index in [1.54, 1.807) is 13.8 Å². The molecule has 4 nitrogen and oxygen atoms in total. The van der Waals surface area contributed by atoms with Crippen molar-refractivity contribution in [3.63, 3.8) is 0 Å². The number of esters is 2. The third-order valence-electron chi connectivity index (χ3n) is 3.69. The zero-order valence-corrected chi connectivity index (χ0v) is 14.3. The van der Waals surface area contributed by atoms with Crippen molar-refractivity contribution in [1.82, 2.24) is 0 Å². The first-order valence-electron chi connectivity index (χ1n) is 8.36. The van der Waals surface area contributed by atoms with Crippen molar-refractivity contribution in [2.75, 3.05) is 13.2 Å². The van der Waals surface area contributed by atoms with Crippen LogP contribution in [0.4, 0.5) is 0 Å². The topological polar surface area (TPSA) is 52.6 Å². The van der Waals surface area contributed by atoms with Gasteiger partial charge in [-0.1, -0.05) is 45.4 Å². The van der Waals surface area contributed by atoms with Gasteiger partial charge in [0.25, 0.3) is 0 Å². The highest BCUT2D eigenvalue weighted by Gasteiger charge is 2.47. The largest absolute Gasteiger partial charge is 0.465 e. The maximum Gasteiger partial charge on any atom is 0.324 e. The Morgan fingerprint density at radius 3 is 1.86 bits per heavy atom. The third-order valence-corrected chi connectivity index (χ3v) is 3.69. The van der Waals surface area contributed by atoms with Gasteiger partial charge < -0.3 is 9.47 Å². The van der Waals surface area contributed by atoms with Crippen LogP contribution in [0, 0.1) is 17.8 Å². The van der Waals surface area contributed by atoms with Crippen molar-refractivity contribution in [2.24, 2.45) is 5.41 Å².